The van der Waals surface area contributed by atoms with E-state index in [0.29, 0.717) is 6.42 Å². The van der Waals surface area contributed by atoms with E-state index in [1.165, 1.54) is 0 Å². The molecule has 3 heteroatoms. The topological polar surface area (TPSA) is 66.5 Å². The molecule has 1 unspecified atom stereocenters. The number of aromatic hydroxyl groups is 1. The number of hydrogen-bond donors (Lipinski definition) is 3. The van der Waals surface area contributed by atoms with Crippen LogP contribution in [-0.4, -0.2) is 16.8 Å². The summed E-state index contributed by atoms with van der Waals surface area (Å²) in [5.74, 6) is 0.194. The molecular weight excluding hydrogens is 166 g/mol. The molecular formula is C10H15NO2. The second kappa shape index (κ2) is 3.77. The molecule has 1 atom stereocenters. The molecule has 0 amide bonds. The summed E-state index contributed by atoms with van der Waals surface area (Å²) in [6.45, 7) is 2.06. The van der Waals surface area contributed by atoms with Crippen LogP contribution in [0.5, 0.6) is 5.75 Å². The fourth-order valence-corrected chi connectivity index (χ4v) is 1.24. The molecule has 0 fully saturated rings. The Hall–Kier alpha value is -1.06. The van der Waals surface area contributed by atoms with Crippen molar-refractivity contribution in [2.24, 2.45) is 5.73 Å². The summed E-state index contributed by atoms with van der Waals surface area (Å²) in [5.41, 5.74) is 5.26. The second-order valence-corrected chi connectivity index (χ2v) is 3.14. The van der Waals surface area contributed by atoms with Gasteiger partial charge in [0, 0.05) is 6.54 Å². The van der Waals surface area contributed by atoms with Crippen LogP contribution in [0, 0.1) is 0 Å². The average Bonchev–Trinajstić information content (AvgIpc) is 2.18. The summed E-state index contributed by atoms with van der Waals surface area (Å²) < 4.78 is 0. The van der Waals surface area contributed by atoms with Crippen molar-refractivity contribution in [3.8, 4) is 5.75 Å². The predicted octanol–water partition coefficient (Wildman–Crippen LogP) is 0.948. The highest BCUT2D eigenvalue weighted by molar-refractivity contribution is 5.30. The van der Waals surface area contributed by atoms with Crippen molar-refractivity contribution in [1.82, 2.24) is 0 Å². The molecule has 13 heavy (non-hydrogen) atoms. The summed E-state index contributed by atoms with van der Waals surface area (Å²) in [4.78, 5) is 0. The Morgan fingerprint density at radius 1 is 1.31 bits per heavy atom. The van der Waals surface area contributed by atoms with Gasteiger partial charge in [0.1, 0.15) is 11.4 Å². The predicted molar refractivity (Wildman–Crippen MR) is 51.3 cm³/mol. The van der Waals surface area contributed by atoms with Gasteiger partial charge in [-0.1, -0.05) is 19.1 Å². The minimum Gasteiger partial charge on any atom is -0.508 e. The van der Waals surface area contributed by atoms with Crippen LogP contribution < -0.4 is 5.73 Å². The van der Waals surface area contributed by atoms with E-state index in [0.717, 1.165) is 5.56 Å². The first-order valence-electron chi connectivity index (χ1n) is 4.34. The Morgan fingerprint density at radius 3 is 2.23 bits per heavy atom. The zero-order valence-electron chi connectivity index (χ0n) is 7.70. The number of aliphatic hydroxyl groups is 1. The average molecular weight is 181 g/mol. The number of benzene rings is 1. The van der Waals surface area contributed by atoms with Crippen molar-refractivity contribution < 1.29 is 10.2 Å². The van der Waals surface area contributed by atoms with E-state index >= 15 is 0 Å². The van der Waals surface area contributed by atoms with Gasteiger partial charge in [0.05, 0.1) is 0 Å². The molecule has 0 aliphatic rings. The van der Waals surface area contributed by atoms with Crippen LogP contribution in [0.2, 0.25) is 0 Å². The molecule has 1 aromatic rings. The van der Waals surface area contributed by atoms with Crippen molar-refractivity contribution in [3.05, 3.63) is 29.8 Å². The van der Waals surface area contributed by atoms with Gasteiger partial charge in [-0.25, -0.2) is 0 Å². The van der Waals surface area contributed by atoms with E-state index in [4.69, 9.17) is 10.8 Å². The minimum absolute atomic E-state index is 0.189. The molecule has 0 aliphatic heterocycles. The summed E-state index contributed by atoms with van der Waals surface area (Å²) >= 11 is 0. The second-order valence-electron chi connectivity index (χ2n) is 3.14. The first-order chi connectivity index (χ1) is 6.12. The van der Waals surface area contributed by atoms with E-state index in [2.05, 4.69) is 0 Å². The molecule has 0 aliphatic carbocycles. The van der Waals surface area contributed by atoms with E-state index in [9.17, 15) is 5.11 Å². The lowest BCUT2D eigenvalue weighted by Gasteiger charge is -2.25. The summed E-state index contributed by atoms with van der Waals surface area (Å²) in [6, 6.07) is 6.47. The molecule has 0 bridgehead atoms. The lowest BCUT2D eigenvalue weighted by atomic mass is 9.91. The highest BCUT2D eigenvalue weighted by atomic mass is 16.3. The van der Waals surface area contributed by atoms with Crippen LogP contribution in [0.4, 0.5) is 0 Å². The van der Waals surface area contributed by atoms with Crippen LogP contribution in [0.25, 0.3) is 0 Å². The fraction of sp³-hybridized carbons (Fsp3) is 0.400. The molecule has 4 N–H and O–H groups in total. The third kappa shape index (κ3) is 1.99. The van der Waals surface area contributed by atoms with Gasteiger partial charge in [-0.15, -0.1) is 0 Å². The zero-order chi connectivity index (χ0) is 9.90. The van der Waals surface area contributed by atoms with E-state index in [1.54, 1.807) is 24.3 Å². The normalized spacial score (nSPS) is 15.3. The number of phenols is 1. The summed E-state index contributed by atoms with van der Waals surface area (Å²) in [5, 5.41) is 19.0. The first-order valence-corrected chi connectivity index (χ1v) is 4.34. The maximum Gasteiger partial charge on any atom is 0.115 e. The molecule has 0 heterocycles. The van der Waals surface area contributed by atoms with Gasteiger partial charge in [-0.05, 0) is 24.1 Å². The van der Waals surface area contributed by atoms with Crippen molar-refractivity contribution >= 4 is 0 Å². The third-order valence-electron chi connectivity index (χ3n) is 2.33. The Bertz CT molecular complexity index is 265. The van der Waals surface area contributed by atoms with Gasteiger partial charge in [-0.3, -0.25) is 0 Å². The quantitative estimate of drug-likeness (QED) is 0.650. The van der Waals surface area contributed by atoms with Crippen LogP contribution in [0.1, 0.15) is 18.9 Å². The molecule has 1 rings (SSSR count). The van der Waals surface area contributed by atoms with Gasteiger partial charge in [-0.2, -0.15) is 0 Å². The number of rotatable bonds is 3. The van der Waals surface area contributed by atoms with Crippen molar-refractivity contribution in [3.63, 3.8) is 0 Å². The summed E-state index contributed by atoms with van der Waals surface area (Å²) in [6.07, 6.45) is 0.564. The van der Waals surface area contributed by atoms with E-state index < -0.39 is 5.60 Å². The SMILES string of the molecule is CCC(O)(CN)c1ccc(O)cc1. The monoisotopic (exact) mass is 181 g/mol. The van der Waals surface area contributed by atoms with Crippen LogP contribution in [0.3, 0.4) is 0 Å². The largest absolute Gasteiger partial charge is 0.508 e. The maximum atomic E-state index is 9.98. The minimum atomic E-state index is -0.965. The Labute approximate surface area is 77.8 Å². The zero-order valence-corrected chi connectivity index (χ0v) is 7.70. The number of hydrogen-bond acceptors (Lipinski definition) is 3. The maximum absolute atomic E-state index is 9.98. The lowest BCUT2D eigenvalue weighted by Crippen LogP contribution is -2.33. The Kier molecular flexibility index (Phi) is 2.90. The van der Waals surface area contributed by atoms with Crippen LogP contribution in [0.15, 0.2) is 24.3 Å². The summed E-state index contributed by atoms with van der Waals surface area (Å²) in [7, 11) is 0. The molecule has 0 aromatic heterocycles. The number of nitrogens with two attached hydrogens (primary N) is 1. The van der Waals surface area contributed by atoms with Gasteiger partial charge < -0.3 is 15.9 Å². The highest BCUT2D eigenvalue weighted by Gasteiger charge is 2.24. The van der Waals surface area contributed by atoms with Gasteiger partial charge in [0.15, 0.2) is 0 Å². The lowest BCUT2D eigenvalue weighted by molar-refractivity contribution is 0.0418. The van der Waals surface area contributed by atoms with Gasteiger partial charge in [0.25, 0.3) is 0 Å². The highest BCUT2D eigenvalue weighted by Crippen LogP contribution is 2.24. The van der Waals surface area contributed by atoms with Crippen molar-refractivity contribution in [1.29, 1.82) is 0 Å². The Balaban J connectivity index is 2.99. The third-order valence-corrected chi connectivity index (χ3v) is 2.33. The fourth-order valence-electron chi connectivity index (χ4n) is 1.24. The van der Waals surface area contributed by atoms with Crippen LogP contribution in [-0.2, 0) is 5.60 Å². The smallest absolute Gasteiger partial charge is 0.115 e. The van der Waals surface area contributed by atoms with Crippen LogP contribution >= 0.6 is 0 Å². The van der Waals surface area contributed by atoms with Crippen molar-refractivity contribution in [2.75, 3.05) is 6.54 Å². The first kappa shape index (κ1) is 10.0. The van der Waals surface area contributed by atoms with Crippen molar-refractivity contribution in [2.45, 2.75) is 18.9 Å². The molecule has 72 valence electrons. The molecule has 0 spiro atoms. The van der Waals surface area contributed by atoms with Gasteiger partial charge >= 0.3 is 0 Å². The van der Waals surface area contributed by atoms with Gasteiger partial charge in [0.2, 0.25) is 0 Å². The molecule has 0 saturated carbocycles. The molecule has 0 radical (unpaired) electrons. The standard InChI is InChI=1S/C10H15NO2/c1-2-10(13,7-11)8-3-5-9(12)6-4-8/h3-6,12-13H,2,7,11H2,1H3. The Morgan fingerprint density at radius 2 is 1.85 bits per heavy atom. The van der Waals surface area contributed by atoms with E-state index in [1.807, 2.05) is 6.92 Å². The number of phenolic OH excluding ortho intramolecular Hbond substituents is 1. The van der Waals surface area contributed by atoms with E-state index in [-0.39, 0.29) is 12.3 Å². The molecule has 1 aromatic carbocycles. The molecule has 0 saturated heterocycles. The molecule has 3 nitrogen and oxygen atoms in total.